The monoisotopic (exact) mass is 339 g/mol. The molecule has 1 aliphatic heterocycles. The number of carboxylic acid groups (broad SMARTS) is 1. The van der Waals surface area contributed by atoms with Gasteiger partial charge in [0.1, 0.15) is 5.75 Å². The van der Waals surface area contributed by atoms with E-state index in [1.165, 1.54) is 5.57 Å². The number of allylic oxidation sites excluding steroid dienone is 1. The summed E-state index contributed by atoms with van der Waals surface area (Å²) >= 11 is 0. The molecule has 0 aromatic heterocycles. The lowest BCUT2D eigenvalue weighted by Gasteiger charge is -2.39. The Morgan fingerprint density at radius 2 is 1.88 bits per heavy atom. The van der Waals surface area contributed by atoms with Gasteiger partial charge in [0.05, 0.1) is 0 Å². The van der Waals surface area contributed by atoms with Crippen LogP contribution in [-0.4, -0.2) is 41.2 Å². The summed E-state index contributed by atoms with van der Waals surface area (Å²) in [6, 6.07) is 13.8. The Hall–Kier alpha value is -2.33. The third-order valence-corrected chi connectivity index (χ3v) is 5.05. The molecule has 1 N–H and O–H groups in total. The molecule has 3 rings (SSSR count). The number of nitrogens with zero attached hydrogens (tertiary/aromatic N) is 1. The molecule has 0 saturated carbocycles. The highest BCUT2D eigenvalue weighted by Crippen LogP contribution is 2.31. The minimum atomic E-state index is -1.14. The van der Waals surface area contributed by atoms with Gasteiger partial charge in [-0.05, 0) is 36.8 Å². The minimum absolute atomic E-state index is 0.492. The summed E-state index contributed by atoms with van der Waals surface area (Å²) in [7, 11) is 0. The lowest BCUT2D eigenvalue weighted by molar-refractivity contribution is -0.159. The van der Waals surface area contributed by atoms with Crippen LogP contribution in [0.5, 0.6) is 5.75 Å². The van der Waals surface area contributed by atoms with Crippen molar-refractivity contribution in [1.82, 2.24) is 4.90 Å². The van der Waals surface area contributed by atoms with E-state index < -0.39 is 11.6 Å². The lowest BCUT2D eigenvalue weighted by Crippen LogP contribution is -2.53. The maximum atomic E-state index is 12.0. The highest BCUT2D eigenvalue weighted by molar-refractivity contribution is 5.84. The van der Waals surface area contributed by atoms with Crippen LogP contribution in [0.15, 0.2) is 54.1 Å². The van der Waals surface area contributed by atoms with Crippen molar-refractivity contribution < 1.29 is 14.6 Å². The maximum Gasteiger partial charge on any atom is 0.348 e. The van der Waals surface area contributed by atoms with Crippen LogP contribution in [0, 0.1) is 0 Å². The Bertz CT molecular complexity index is 789. The Morgan fingerprint density at radius 1 is 1.20 bits per heavy atom. The van der Waals surface area contributed by atoms with Crippen LogP contribution in [0.1, 0.15) is 26.7 Å². The minimum Gasteiger partial charge on any atom is -0.478 e. The van der Waals surface area contributed by atoms with E-state index in [0.717, 1.165) is 30.4 Å². The van der Waals surface area contributed by atoms with E-state index in [4.69, 9.17) is 4.74 Å². The number of carbonyl (C=O) groups is 1. The van der Waals surface area contributed by atoms with Crippen LogP contribution in [0.3, 0.4) is 0 Å². The molecule has 2 aromatic carbocycles. The number of hydrogen-bond acceptors (Lipinski definition) is 3. The van der Waals surface area contributed by atoms with Gasteiger partial charge in [-0.2, -0.15) is 0 Å². The molecule has 0 atom stereocenters. The molecule has 2 aromatic rings. The average molecular weight is 339 g/mol. The van der Waals surface area contributed by atoms with Crippen molar-refractivity contribution in [3.05, 3.63) is 54.1 Å². The van der Waals surface area contributed by atoms with Crippen molar-refractivity contribution >= 4 is 16.7 Å². The molecule has 4 nitrogen and oxygen atoms in total. The first-order chi connectivity index (χ1) is 12.0. The summed E-state index contributed by atoms with van der Waals surface area (Å²) in [5.41, 5.74) is 0.168. The third-order valence-electron chi connectivity index (χ3n) is 5.05. The number of benzene rings is 2. The molecule has 0 aliphatic carbocycles. The van der Waals surface area contributed by atoms with E-state index in [0.29, 0.717) is 18.6 Å². The van der Waals surface area contributed by atoms with Gasteiger partial charge in [-0.15, -0.1) is 0 Å². The normalized spacial score (nSPS) is 18.2. The van der Waals surface area contributed by atoms with Gasteiger partial charge in [-0.25, -0.2) is 4.79 Å². The molecule has 0 radical (unpaired) electrons. The summed E-state index contributed by atoms with van der Waals surface area (Å²) in [5, 5.41) is 12.0. The number of ether oxygens (including phenoxy) is 1. The van der Waals surface area contributed by atoms with E-state index in [9.17, 15) is 9.90 Å². The molecule has 4 heteroatoms. The predicted molar refractivity (Wildman–Crippen MR) is 100 cm³/mol. The Balaban J connectivity index is 1.76. The van der Waals surface area contributed by atoms with E-state index in [-0.39, 0.29) is 0 Å². The predicted octanol–water partition coefficient (Wildman–Crippen LogP) is 4.10. The second kappa shape index (κ2) is 7.28. The van der Waals surface area contributed by atoms with Crippen LogP contribution in [0.25, 0.3) is 10.8 Å². The molecular formula is C21H25NO3. The quantitative estimate of drug-likeness (QED) is 0.833. The van der Waals surface area contributed by atoms with Gasteiger partial charge in [0.25, 0.3) is 0 Å². The van der Waals surface area contributed by atoms with Crippen molar-refractivity contribution in [3.8, 4) is 5.75 Å². The van der Waals surface area contributed by atoms with Gasteiger partial charge in [0, 0.05) is 32.5 Å². The molecule has 1 saturated heterocycles. The first-order valence-electron chi connectivity index (χ1n) is 8.78. The zero-order chi connectivity index (χ0) is 17.9. The highest BCUT2D eigenvalue weighted by Gasteiger charge is 2.44. The van der Waals surface area contributed by atoms with Gasteiger partial charge in [0.15, 0.2) is 0 Å². The highest BCUT2D eigenvalue weighted by atomic mass is 16.5. The first kappa shape index (κ1) is 17.5. The van der Waals surface area contributed by atoms with Gasteiger partial charge in [-0.1, -0.05) is 42.0 Å². The van der Waals surface area contributed by atoms with Crippen molar-refractivity contribution in [1.29, 1.82) is 0 Å². The first-order valence-corrected chi connectivity index (χ1v) is 8.78. The van der Waals surface area contributed by atoms with Gasteiger partial charge in [0.2, 0.25) is 5.60 Å². The largest absolute Gasteiger partial charge is 0.478 e. The molecule has 25 heavy (non-hydrogen) atoms. The summed E-state index contributed by atoms with van der Waals surface area (Å²) in [6.45, 7) is 6.48. The molecule has 132 valence electrons. The molecule has 0 bridgehead atoms. The SMILES string of the molecule is C/C=C(\C)CN1CCC(Oc2ccc3ccccc3c2)(C(=O)O)CC1. The van der Waals surface area contributed by atoms with E-state index in [1.807, 2.05) is 49.4 Å². The maximum absolute atomic E-state index is 12.0. The summed E-state index contributed by atoms with van der Waals surface area (Å²) in [4.78, 5) is 14.3. The van der Waals surface area contributed by atoms with Crippen molar-refractivity contribution in [2.45, 2.75) is 32.3 Å². The van der Waals surface area contributed by atoms with Crippen LogP contribution in [0.2, 0.25) is 0 Å². The number of hydrogen-bond donors (Lipinski definition) is 1. The molecule has 1 aliphatic rings. The summed E-state index contributed by atoms with van der Waals surface area (Å²) in [5.74, 6) is -0.248. The Kier molecular flexibility index (Phi) is 5.09. The fourth-order valence-electron chi connectivity index (χ4n) is 3.33. The van der Waals surface area contributed by atoms with Gasteiger partial charge in [-0.3, -0.25) is 4.90 Å². The second-order valence-corrected chi connectivity index (χ2v) is 6.82. The number of rotatable bonds is 5. The fourth-order valence-corrected chi connectivity index (χ4v) is 3.33. The fraction of sp³-hybridized carbons (Fsp3) is 0.381. The van der Waals surface area contributed by atoms with Crippen LogP contribution >= 0.6 is 0 Å². The molecular weight excluding hydrogens is 314 g/mol. The number of fused-ring (bicyclic) bond motifs is 1. The smallest absolute Gasteiger partial charge is 0.348 e. The zero-order valence-corrected chi connectivity index (χ0v) is 14.9. The van der Waals surface area contributed by atoms with Crippen molar-refractivity contribution in [2.24, 2.45) is 0 Å². The van der Waals surface area contributed by atoms with E-state index >= 15 is 0 Å². The average Bonchev–Trinajstić information content (AvgIpc) is 2.63. The summed E-state index contributed by atoms with van der Waals surface area (Å²) < 4.78 is 6.05. The van der Waals surface area contributed by atoms with Gasteiger partial charge < -0.3 is 9.84 Å². The lowest BCUT2D eigenvalue weighted by atomic mass is 9.90. The van der Waals surface area contributed by atoms with Crippen LogP contribution in [0.4, 0.5) is 0 Å². The second-order valence-electron chi connectivity index (χ2n) is 6.82. The Morgan fingerprint density at radius 3 is 2.52 bits per heavy atom. The molecule has 0 spiro atoms. The number of carboxylic acids is 1. The Labute approximate surface area is 148 Å². The molecule has 0 unspecified atom stereocenters. The molecule has 1 fully saturated rings. The van der Waals surface area contributed by atoms with E-state index in [2.05, 4.69) is 17.9 Å². The standard InChI is InChI=1S/C21H25NO3/c1-3-16(2)15-22-12-10-21(11-13-22,20(23)24)25-19-9-8-17-6-4-5-7-18(17)14-19/h3-9,14H,10-13,15H2,1-2H3,(H,23,24)/b16-3+. The zero-order valence-electron chi connectivity index (χ0n) is 14.9. The number of likely N-dealkylation sites (tertiary alicyclic amines) is 1. The number of piperidine rings is 1. The summed E-state index contributed by atoms with van der Waals surface area (Å²) in [6.07, 6.45) is 3.09. The molecule has 0 amide bonds. The molecule has 1 heterocycles. The van der Waals surface area contributed by atoms with Crippen LogP contribution < -0.4 is 4.74 Å². The number of aliphatic carboxylic acids is 1. The topological polar surface area (TPSA) is 49.8 Å². The van der Waals surface area contributed by atoms with E-state index in [1.54, 1.807) is 0 Å². The third kappa shape index (κ3) is 3.85. The van der Waals surface area contributed by atoms with Gasteiger partial charge >= 0.3 is 5.97 Å². The van der Waals surface area contributed by atoms with Crippen molar-refractivity contribution in [2.75, 3.05) is 19.6 Å². The van der Waals surface area contributed by atoms with Crippen LogP contribution in [-0.2, 0) is 4.79 Å². The van der Waals surface area contributed by atoms with Crippen molar-refractivity contribution in [3.63, 3.8) is 0 Å².